The molecular formula is C28H30N4O8. The Labute approximate surface area is 230 Å². The van der Waals surface area contributed by atoms with Gasteiger partial charge in [-0.3, -0.25) is 34.2 Å². The van der Waals surface area contributed by atoms with E-state index < -0.39 is 53.9 Å². The number of imide groups is 2. The number of hydrogen-bond acceptors (Lipinski definition) is 8. The minimum absolute atomic E-state index is 0.0104. The summed E-state index contributed by atoms with van der Waals surface area (Å²) in [5, 5.41) is 7.56. The average Bonchev–Trinajstić information content (AvgIpc) is 3.14. The topological polar surface area (TPSA) is 160 Å². The Kier molecular flexibility index (Phi) is 8.17. The molecule has 0 aliphatic carbocycles. The van der Waals surface area contributed by atoms with E-state index in [1.54, 1.807) is 26.8 Å². The van der Waals surface area contributed by atoms with Crippen molar-refractivity contribution in [2.24, 2.45) is 0 Å². The molecule has 0 saturated carbocycles. The zero-order valence-electron chi connectivity index (χ0n) is 22.4. The molecule has 0 bridgehead atoms. The first-order valence-corrected chi connectivity index (χ1v) is 12.7. The summed E-state index contributed by atoms with van der Waals surface area (Å²) in [6.45, 7) is 5.35. The van der Waals surface area contributed by atoms with E-state index in [0.29, 0.717) is 0 Å². The van der Waals surface area contributed by atoms with Crippen LogP contribution in [0.4, 0.5) is 4.79 Å². The van der Waals surface area contributed by atoms with Crippen molar-refractivity contribution in [2.75, 3.05) is 6.61 Å². The number of alkyl carbamates (subject to hydrolysis) is 1. The second kappa shape index (κ2) is 11.6. The molecule has 1 saturated heterocycles. The lowest BCUT2D eigenvalue weighted by molar-refractivity contribution is -0.136. The molecule has 1 atom stereocenters. The number of fused-ring (bicyclic) bond motifs is 1. The van der Waals surface area contributed by atoms with Gasteiger partial charge in [0.05, 0.1) is 11.1 Å². The van der Waals surface area contributed by atoms with Gasteiger partial charge in [0.15, 0.2) is 6.61 Å². The Balaban J connectivity index is 1.32. The number of ether oxygens (including phenoxy) is 2. The van der Waals surface area contributed by atoms with Gasteiger partial charge in [0.1, 0.15) is 17.4 Å². The van der Waals surface area contributed by atoms with Crippen LogP contribution in [0.1, 0.15) is 65.5 Å². The molecule has 210 valence electrons. The third-order valence-electron chi connectivity index (χ3n) is 6.11. The van der Waals surface area contributed by atoms with Gasteiger partial charge >= 0.3 is 6.09 Å². The van der Waals surface area contributed by atoms with E-state index in [-0.39, 0.29) is 42.8 Å². The Morgan fingerprint density at radius 2 is 1.65 bits per heavy atom. The maximum atomic E-state index is 13.1. The Bertz CT molecular complexity index is 1380. The molecule has 1 unspecified atom stereocenters. The third kappa shape index (κ3) is 6.63. The van der Waals surface area contributed by atoms with Crippen molar-refractivity contribution in [2.45, 2.75) is 58.3 Å². The van der Waals surface area contributed by atoms with Crippen LogP contribution in [-0.2, 0) is 32.2 Å². The molecule has 2 aliphatic heterocycles. The molecule has 2 heterocycles. The number of rotatable bonds is 8. The highest BCUT2D eigenvalue weighted by atomic mass is 16.6. The first-order chi connectivity index (χ1) is 18.9. The zero-order valence-corrected chi connectivity index (χ0v) is 22.4. The number of nitrogens with zero attached hydrogens (tertiary/aromatic N) is 1. The predicted octanol–water partition coefficient (Wildman–Crippen LogP) is 1.81. The average molecular weight is 551 g/mol. The standard InChI is InChI=1S/C28H30N4O8/c1-28(2,3)40-27(38)30-14-17-7-4-6-16(12-17)13-29-22(34)15-39-20-9-5-8-18-23(20)26(37)32(25(18)36)19-10-11-21(33)31-24(19)35/h4-9,12,19H,10-11,13-15H2,1-3H3,(H,29,34)(H,30,38)(H,31,33,35). The largest absolute Gasteiger partial charge is 0.483 e. The summed E-state index contributed by atoms with van der Waals surface area (Å²) in [6.07, 6.45) is -0.486. The number of nitrogens with one attached hydrogen (secondary N) is 3. The summed E-state index contributed by atoms with van der Waals surface area (Å²) in [5.74, 6) is -2.98. The van der Waals surface area contributed by atoms with E-state index in [2.05, 4.69) is 16.0 Å². The second-order valence-electron chi connectivity index (χ2n) is 10.4. The molecule has 2 aromatic rings. The monoisotopic (exact) mass is 550 g/mol. The van der Waals surface area contributed by atoms with Crippen LogP contribution in [0.15, 0.2) is 42.5 Å². The molecule has 2 aromatic carbocycles. The van der Waals surface area contributed by atoms with Crippen LogP contribution < -0.4 is 20.7 Å². The number of carbonyl (C=O) groups excluding carboxylic acids is 6. The molecule has 4 rings (SSSR count). The lowest BCUT2D eigenvalue weighted by Crippen LogP contribution is -2.54. The van der Waals surface area contributed by atoms with Crippen LogP contribution >= 0.6 is 0 Å². The van der Waals surface area contributed by atoms with Gasteiger partial charge in [-0.1, -0.05) is 30.3 Å². The van der Waals surface area contributed by atoms with Crippen molar-refractivity contribution in [3.8, 4) is 5.75 Å². The Morgan fingerprint density at radius 1 is 0.975 bits per heavy atom. The number of hydrogen-bond donors (Lipinski definition) is 3. The molecular weight excluding hydrogens is 520 g/mol. The van der Waals surface area contributed by atoms with E-state index in [1.807, 2.05) is 18.2 Å². The molecule has 1 fully saturated rings. The zero-order chi connectivity index (χ0) is 29.0. The summed E-state index contributed by atoms with van der Waals surface area (Å²) in [4.78, 5) is 75.0. The number of amides is 6. The molecule has 3 N–H and O–H groups in total. The molecule has 40 heavy (non-hydrogen) atoms. The van der Waals surface area contributed by atoms with Crippen molar-refractivity contribution < 1.29 is 38.2 Å². The lowest BCUT2D eigenvalue weighted by atomic mass is 10.0. The van der Waals surface area contributed by atoms with Crippen molar-refractivity contribution in [3.63, 3.8) is 0 Å². The van der Waals surface area contributed by atoms with Gasteiger partial charge in [0, 0.05) is 19.5 Å². The van der Waals surface area contributed by atoms with Gasteiger partial charge in [-0.25, -0.2) is 4.79 Å². The van der Waals surface area contributed by atoms with Gasteiger partial charge in [0.25, 0.3) is 17.7 Å². The minimum atomic E-state index is -1.10. The fourth-order valence-corrected chi connectivity index (χ4v) is 4.34. The van der Waals surface area contributed by atoms with Crippen LogP contribution in [0.2, 0.25) is 0 Å². The van der Waals surface area contributed by atoms with Crippen LogP contribution in [0.5, 0.6) is 5.75 Å². The number of benzene rings is 2. The van der Waals surface area contributed by atoms with E-state index in [1.165, 1.54) is 18.2 Å². The highest BCUT2D eigenvalue weighted by Gasteiger charge is 2.46. The first kappa shape index (κ1) is 28.3. The van der Waals surface area contributed by atoms with Crippen LogP contribution in [-0.4, -0.2) is 58.8 Å². The van der Waals surface area contributed by atoms with Gasteiger partial charge in [0.2, 0.25) is 11.8 Å². The van der Waals surface area contributed by atoms with Crippen molar-refractivity contribution in [3.05, 3.63) is 64.7 Å². The van der Waals surface area contributed by atoms with Gasteiger partial charge in [-0.05, 0) is 50.5 Å². The van der Waals surface area contributed by atoms with Crippen LogP contribution in [0.25, 0.3) is 0 Å². The molecule has 2 aliphatic rings. The predicted molar refractivity (Wildman–Crippen MR) is 140 cm³/mol. The fourth-order valence-electron chi connectivity index (χ4n) is 4.34. The molecule has 12 nitrogen and oxygen atoms in total. The first-order valence-electron chi connectivity index (χ1n) is 12.7. The lowest BCUT2D eigenvalue weighted by Gasteiger charge is -2.27. The quantitative estimate of drug-likeness (QED) is 0.420. The Morgan fingerprint density at radius 3 is 2.33 bits per heavy atom. The van der Waals surface area contributed by atoms with E-state index in [9.17, 15) is 28.8 Å². The van der Waals surface area contributed by atoms with E-state index in [0.717, 1.165) is 16.0 Å². The maximum Gasteiger partial charge on any atom is 0.407 e. The van der Waals surface area contributed by atoms with Gasteiger partial charge in [-0.15, -0.1) is 0 Å². The summed E-state index contributed by atoms with van der Waals surface area (Å²) >= 11 is 0. The van der Waals surface area contributed by atoms with Crippen molar-refractivity contribution in [1.82, 2.24) is 20.9 Å². The summed E-state index contributed by atoms with van der Waals surface area (Å²) in [5.41, 5.74) is 1.03. The number of piperidine rings is 1. The van der Waals surface area contributed by atoms with Crippen LogP contribution in [0.3, 0.4) is 0 Å². The summed E-state index contributed by atoms with van der Waals surface area (Å²) in [6, 6.07) is 10.6. The van der Waals surface area contributed by atoms with Crippen molar-refractivity contribution in [1.29, 1.82) is 0 Å². The highest BCUT2D eigenvalue weighted by molar-refractivity contribution is 6.24. The second-order valence-corrected chi connectivity index (χ2v) is 10.4. The normalized spacial score (nSPS) is 16.8. The summed E-state index contributed by atoms with van der Waals surface area (Å²) < 4.78 is 10.8. The molecule has 0 radical (unpaired) electrons. The smallest absolute Gasteiger partial charge is 0.407 e. The fraction of sp³-hybridized carbons (Fsp3) is 0.357. The maximum absolute atomic E-state index is 13.1. The molecule has 12 heteroatoms. The minimum Gasteiger partial charge on any atom is -0.483 e. The third-order valence-corrected chi connectivity index (χ3v) is 6.11. The van der Waals surface area contributed by atoms with Gasteiger partial charge < -0.3 is 20.1 Å². The Hall–Kier alpha value is -4.74. The highest BCUT2D eigenvalue weighted by Crippen LogP contribution is 2.33. The number of carbonyl (C=O) groups is 6. The van der Waals surface area contributed by atoms with Gasteiger partial charge in [-0.2, -0.15) is 0 Å². The van der Waals surface area contributed by atoms with E-state index in [4.69, 9.17) is 9.47 Å². The van der Waals surface area contributed by atoms with Crippen molar-refractivity contribution >= 4 is 35.6 Å². The SMILES string of the molecule is CC(C)(C)OC(=O)NCc1cccc(CNC(=O)COc2cccc3c2C(=O)N(C2CCC(=O)NC2=O)C3=O)c1. The summed E-state index contributed by atoms with van der Waals surface area (Å²) in [7, 11) is 0. The molecule has 6 amide bonds. The van der Waals surface area contributed by atoms with E-state index >= 15 is 0 Å². The molecule has 0 spiro atoms. The van der Waals surface area contributed by atoms with Crippen LogP contribution in [0, 0.1) is 0 Å². The molecule has 0 aromatic heterocycles.